The van der Waals surface area contributed by atoms with Crippen LogP contribution in [-0.2, 0) is 4.79 Å². The minimum atomic E-state index is 0.261. The number of carbonyl (C=O) groups is 1. The molecule has 1 amide bonds. The zero-order valence-electron chi connectivity index (χ0n) is 12.0. The molecule has 0 N–H and O–H groups in total. The summed E-state index contributed by atoms with van der Waals surface area (Å²) in [5.41, 5.74) is 2.78. The molecule has 1 aliphatic rings. The van der Waals surface area contributed by atoms with Gasteiger partial charge in [0.2, 0.25) is 5.91 Å². The summed E-state index contributed by atoms with van der Waals surface area (Å²) in [4.78, 5) is 14.1. The molecule has 1 atom stereocenters. The van der Waals surface area contributed by atoms with E-state index in [0.717, 1.165) is 31.7 Å². The molecule has 2 nitrogen and oxygen atoms in total. The van der Waals surface area contributed by atoms with Gasteiger partial charge in [0.25, 0.3) is 0 Å². The first kappa shape index (κ1) is 15.7. The highest BCUT2D eigenvalue weighted by molar-refractivity contribution is 7.99. The molecule has 110 valence electrons. The standard InChI is InChI=1S/C16H22ClNOS/c1-13-5-2-3-6-14(13)15-8-10-18(11-12-20-15)16(19)7-4-9-17/h2-3,5-6,15H,4,7-12H2,1H3. The van der Waals surface area contributed by atoms with Crippen molar-refractivity contribution < 1.29 is 4.79 Å². The highest BCUT2D eigenvalue weighted by Gasteiger charge is 2.22. The number of rotatable bonds is 4. The van der Waals surface area contributed by atoms with Crippen LogP contribution in [0.5, 0.6) is 0 Å². The van der Waals surface area contributed by atoms with Crippen LogP contribution >= 0.6 is 23.4 Å². The minimum absolute atomic E-state index is 0.261. The van der Waals surface area contributed by atoms with Crippen molar-refractivity contribution in [3.8, 4) is 0 Å². The van der Waals surface area contributed by atoms with Crippen molar-refractivity contribution in [2.75, 3.05) is 24.7 Å². The van der Waals surface area contributed by atoms with Crippen molar-refractivity contribution >= 4 is 29.3 Å². The maximum Gasteiger partial charge on any atom is 0.222 e. The fraction of sp³-hybridized carbons (Fsp3) is 0.562. The molecular weight excluding hydrogens is 290 g/mol. The SMILES string of the molecule is Cc1ccccc1C1CCN(C(=O)CCCCl)CCS1. The molecule has 0 spiro atoms. The highest BCUT2D eigenvalue weighted by atomic mass is 35.5. The van der Waals surface area contributed by atoms with Gasteiger partial charge in [0.1, 0.15) is 0 Å². The summed E-state index contributed by atoms with van der Waals surface area (Å²) in [6, 6.07) is 8.58. The maximum absolute atomic E-state index is 12.1. The third-order valence-electron chi connectivity index (χ3n) is 3.75. The van der Waals surface area contributed by atoms with E-state index in [1.54, 1.807) is 0 Å². The number of thioether (sulfide) groups is 1. The van der Waals surface area contributed by atoms with E-state index in [-0.39, 0.29) is 5.91 Å². The number of aryl methyl sites for hydroxylation is 1. The van der Waals surface area contributed by atoms with Crippen LogP contribution in [0.1, 0.15) is 35.6 Å². The van der Waals surface area contributed by atoms with Gasteiger partial charge in [-0.15, -0.1) is 11.6 Å². The molecule has 0 bridgehead atoms. The number of alkyl halides is 1. The molecular formula is C16H22ClNOS. The van der Waals surface area contributed by atoms with E-state index in [2.05, 4.69) is 31.2 Å². The lowest BCUT2D eigenvalue weighted by molar-refractivity contribution is -0.130. The highest BCUT2D eigenvalue weighted by Crippen LogP contribution is 2.35. The van der Waals surface area contributed by atoms with Crippen LogP contribution < -0.4 is 0 Å². The average molecular weight is 312 g/mol. The van der Waals surface area contributed by atoms with Gasteiger partial charge in [-0.3, -0.25) is 4.79 Å². The summed E-state index contributed by atoms with van der Waals surface area (Å²) in [7, 11) is 0. The van der Waals surface area contributed by atoms with Gasteiger partial charge in [0.15, 0.2) is 0 Å². The monoisotopic (exact) mass is 311 g/mol. The molecule has 20 heavy (non-hydrogen) atoms. The quantitative estimate of drug-likeness (QED) is 0.783. The topological polar surface area (TPSA) is 20.3 Å². The van der Waals surface area contributed by atoms with Crippen molar-refractivity contribution in [3.63, 3.8) is 0 Å². The van der Waals surface area contributed by atoms with Gasteiger partial charge in [-0.25, -0.2) is 0 Å². The van der Waals surface area contributed by atoms with Crippen LogP contribution in [0.4, 0.5) is 0 Å². The van der Waals surface area contributed by atoms with Crippen molar-refractivity contribution in [2.24, 2.45) is 0 Å². The number of halogens is 1. The fourth-order valence-corrected chi connectivity index (χ4v) is 4.05. The predicted molar refractivity (Wildman–Crippen MR) is 87.5 cm³/mol. The van der Waals surface area contributed by atoms with Crippen LogP contribution in [0.15, 0.2) is 24.3 Å². The van der Waals surface area contributed by atoms with Gasteiger partial charge in [0.05, 0.1) is 0 Å². The van der Waals surface area contributed by atoms with Gasteiger partial charge in [0, 0.05) is 36.4 Å². The summed E-state index contributed by atoms with van der Waals surface area (Å²) in [6.45, 7) is 3.91. The number of hydrogen-bond acceptors (Lipinski definition) is 2. The van der Waals surface area contributed by atoms with E-state index in [1.165, 1.54) is 11.1 Å². The molecule has 0 aromatic heterocycles. The molecule has 0 aliphatic carbocycles. The molecule has 1 saturated heterocycles. The third kappa shape index (κ3) is 4.16. The summed E-state index contributed by atoms with van der Waals surface area (Å²) in [6.07, 6.45) is 2.41. The van der Waals surface area contributed by atoms with Crippen molar-refractivity contribution in [3.05, 3.63) is 35.4 Å². The first-order valence-corrected chi connectivity index (χ1v) is 8.81. The fourth-order valence-electron chi connectivity index (χ4n) is 2.59. The van der Waals surface area contributed by atoms with Crippen LogP contribution in [0.2, 0.25) is 0 Å². The lowest BCUT2D eigenvalue weighted by Crippen LogP contribution is -2.32. The lowest BCUT2D eigenvalue weighted by Gasteiger charge is -2.20. The van der Waals surface area contributed by atoms with Gasteiger partial charge in [-0.1, -0.05) is 24.3 Å². The van der Waals surface area contributed by atoms with E-state index in [0.29, 0.717) is 17.6 Å². The predicted octanol–water partition coefficient (Wildman–Crippen LogP) is 4.02. The molecule has 1 aromatic carbocycles. The van der Waals surface area contributed by atoms with E-state index in [9.17, 15) is 4.79 Å². The Morgan fingerprint density at radius 1 is 1.40 bits per heavy atom. The Balaban J connectivity index is 1.95. The normalized spacial score (nSPS) is 19.7. The van der Waals surface area contributed by atoms with Gasteiger partial charge < -0.3 is 4.90 Å². The maximum atomic E-state index is 12.1. The van der Waals surface area contributed by atoms with Crippen LogP contribution in [0.25, 0.3) is 0 Å². The molecule has 1 aliphatic heterocycles. The molecule has 4 heteroatoms. The Labute approximate surface area is 130 Å². The molecule has 0 radical (unpaired) electrons. The number of carbonyl (C=O) groups excluding carboxylic acids is 1. The number of amides is 1. The van der Waals surface area contributed by atoms with E-state index in [4.69, 9.17) is 11.6 Å². The van der Waals surface area contributed by atoms with E-state index in [1.807, 2.05) is 16.7 Å². The van der Waals surface area contributed by atoms with E-state index >= 15 is 0 Å². The molecule has 0 saturated carbocycles. The first-order valence-electron chi connectivity index (χ1n) is 7.23. The van der Waals surface area contributed by atoms with Gasteiger partial charge in [-0.2, -0.15) is 11.8 Å². The number of benzene rings is 1. The number of nitrogens with zero attached hydrogens (tertiary/aromatic N) is 1. The molecule has 1 aromatic rings. The molecule has 2 rings (SSSR count). The summed E-state index contributed by atoms with van der Waals surface area (Å²) in [5, 5.41) is 0.516. The largest absolute Gasteiger partial charge is 0.342 e. The smallest absolute Gasteiger partial charge is 0.222 e. The second-order valence-electron chi connectivity index (χ2n) is 5.18. The van der Waals surface area contributed by atoms with Crippen LogP contribution in [0.3, 0.4) is 0 Å². The zero-order chi connectivity index (χ0) is 14.4. The Hall–Kier alpha value is -0.670. The second-order valence-corrected chi connectivity index (χ2v) is 6.87. The third-order valence-corrected chi connectivity index (χ3v) is 5.33. The van der Waals surface area contributed by atoms with Gasteiger partial charge >= 0.3 is 0 Å². The Bertz CT molecular complexity index is 452. The Morgan fingerprint density at radius 2 is 2.20 bits per heavy atom. The molecule has 1 heterocycles. The summed E-state index contributed by atoms with van der Waals surface area (Å²) >= 11 is 7.64. The van der Waals surface area contributed by atoms with Crippen molar-refractivity contribution in [1.82, 2.24) is 4.90 Å². The van der Waals surface area contributed by atoms with Gasteiger partial charge in [-0.05, 0) is 30.9 Å². The van der Waals surface area contributed by atoms with Crippen LogP contribution in [0, 0.1) is 6.92 Å². The lowest BCUT2D eigenvalue weighted by atomic mass is 10.0. The summed E-state index contributed by atoms with van der Waals surface area (Å²) < 4.78 is 0. The van der Waals surface area contributed by atoms with Crippen molar-refractivity contribution in [1.29, 1.82) is 0 Å². The Morgan fingerprint density at radius 3 is 2.95 bits per heavy atom. The van der Waals surface area contributed by atoms with Crippen LogP contribution in [-0.4, -0.2) is 35.5 Å². The number of hydrogen-bond donors (Lipinski definition) is 0. The summed E-state index contributed by atoms with van der Waals surface area (Å²) in [5.74, 6) is 1.85. The second kappa shape index (κ2) is 7.94. The van der Waals surface area contributed by atoms with Crippen molar-refractivity contribution in [2.45, 2.75) is 31.4 Å². The average Bonchev–Trinajstić information content (AvgIpc) is 2.71. The Kier molecular flexibility index (Phi) is 6.24. The molecule has 1 fully saturated rings. The molecule has 1 unspecified atom stereocenters. The minimum Gasteiger partial charge on any atom is -0.342 e. The zero-order valence-corrected chi connectivity index (χ0v) is 13.6. The first-order chi connectivity index (χ1) is 9.72. The van der Waals surface area contributed by atoms with E-state index < -0.39 is 0 Å².